The SMILES string of the molecule is CCOC(=O)C1=C(C)NC(=S)N[C@@H]1c1cc(C)sc1C. The Morgan fingerprint density at radius 2 is 2.15 bits per heavy atom. The highest BCUT2D eigenvalue weighted by molar-refractivity contribution is 7.80. The first-order valence-electron chi connectivity index (χ1n) is 6.46. The molecule has 2 rings (SSSR count). The van der Waals surface area contributed by atoms with Crippen LogP contribution in [0, 0.1) is 13.8 Å². The van der Waals surface area contributed by atoms with Crippen molar-refractivity contribution in [1.82, 2.24) is 10.6 Å². The summed E-state index contributed by atoms with van der Waals surface area (Å²) in [6.07, 6.45) is 0. The fourth-order valence-electron chi connectivity index (χ4n) is 2.34. The molecule has 0 aliphatic carbocycles. The van der Waals surface area contributed by atoms with Crippen molar-refractivity contribution < 1.29 is 9.53 Å². The first kappa shape index (κ1) is 15.0. The number of thiocarbonyl (C=S) groups is 1. The van der Waals surface area contributed by atoms with Crippen LogP contribution in [0.25, 0.3) is 0 Å². The van der Waals surface area contributed by atoms with Crippen molar-refractivity contribution in [3.8, 4) is 0 Å². The number of carbonyl (C=O) groups is 1. The second-order valence-electron chi connectivity index (χ2n) is 4.66. The predicted molar refractivity (Wildman–Crippen MR) is 84.7 cm³/mol. The summed E-state index contributed by atoms with van der Waals surface area (Å²) in [5.41, 5.74) is 2.43. The van der Waals surface area contributed by atoms with Gasteiger partial charge < -0.3 is 15.4 Å². The van der Waals surface area contributed by atoms with Gasteiger partial charge in [0.05, 0.1) is 18.2 Å². The summed E-state index contributed by atoms with van der Waals surface area (Å²) in [6.45, 7) is 8.12. The number of rotatable bonds is 3. The van der Waals surface area contributed by atoms with Crippen LogP contribution in [0.5, 0.6) is 0 Å². The van der Waals surface area contributed by atoms with Crippen LogP contribution < -0.4 is 10.6 Å². The Balaban J connectivity index is 2.47. The van der Waals surface area contributed by atoms with Gasteiger partial charge in [0, 0.05) is 15.5 Å². The van der Waals surface area contributed by atoms with Gasteiger partial charge in [-0.1, -0.05) is 0 Å². The van der Waals surface area contributed by atoms with Crippen LogP contribution in [0.3, 0.4) is 0 Å². The monoisotopic (exact) mass is 310 g/mol. The highest BCUT2D eigenvalue weighted by atomic mass is 32.1. The number of hydrogen-bond donors (Lipinski definition) is 2. The molecule has 2 heterocycles. The molecule has 20 heavy (non-hydrogen) atoms. The molecule has 0 amide bonds. The quantitative estimate of drug-likeness (QED) is 0.664. The van der Waals surface area contributed by atoms with Gasteiger partial charge in [-0.15, -0.1) is 11.3 Å². The van der Waals surface area contributed by atoms with Crippen molar-refractivity contribution in [2.24, 2.45) is 0 Å². The summed E-state index contributed by atoms with van der Waals surface area (Å²) in [5, 5.41) is 6.70. The fourth-order valence-corrected chi connectivity index (χ4v) is 3.58. The molecule has 0 radical (unpaired) electrons. The van der Waals surface area contributed by atoms with E-state index in [-0.39, 0.29) is 12.0 Å². The van der Waals surface area contributed by atoms with Gasteiger partial charge in [0.15, 0.2) is 5.11 Å². The van der Waals surface area contributed by atoms with Crippen LogP contribution in [0.4, 0.5) is 0 Å². The molecule has 0 saturated carbocycles. The maximum absolute atomic E-state index is 12.2. The van der Waals surface area contributed by atoms with Gasteiger partial charge in [0.25, 0.3) is 0 Å². The molecule has 108 valence electrons. The second-order valence-corrected chi connectivity index (χ2v) is 6.53. The predicted octanol–water partition coefficient (Wildman–Crippen LogP) is 2.72. The molecule has 4 nitrogen and oxygen atoms in total. The van der Waals surface area contributed by atoms with E-state index in [0.29, 0.717) is 17.3 Å². The molecule has 2 N–H and O–H groups in total. The molecular weight excluding hydrogens is 292 g/mol. The molecule has 1 atom stereocenters. The maximum Gasteiger partial charge on any atom is 0.338 e. The molecular formula is C14H18N2O2S2. The summed E-state index contributed by atoms with van der Waals surface area (Å²) >= 11 is 6.92. The van der Waals surface area contributed by atoms with E-state index in [1.165, 1.54) is 9.75 Å². The minimum atomic E-state index is -0.305. The van der Waals surface area contributed by atoms with Crippen LogP contribution >= 0.6 is 23.6 Å². The zero-order valence-corrected chi connectivity index (χ0v) is 13.6. The third-order valence-corrected chi connectivity index (χ3v) is 4.36. The van der Waals surface area contributed by atoms with Gasteiger partial charge in [0.1, 0.15) is 0 Å². The molecule has 1 aromatic rings. The van der Waals surface area contributed by atoms with Crippen molar-refractivity contribution in [2.45, 2.75) is 33.7 Å². The van der Waals surface area contributed by atoms with E-state index < -0.39 is 0 Å². The number of hydrogen-bond acceptors (Lipinski definition) is 4. The Morgan fingerprint density at radius 3 is 2.70 bits per heavy atom. The van der Waals surface area contributed by atoms with Gasteiger partial charge in [-0.05, 0) is 51.5 Å². The third-order valence-electron chi connectivity index (χ3n) is 3.15. The van der Waals surface area contributed by atoms with Crippen LogP contribution in [0.2, 0.25) is 0 Å². The van der Waals surface area contributed by atoms with Gasteiger partial charge in [0.2, 0.25) is 0 Å². The Hall–Kier alpha value is -1.40. The van der Waals surface area contributed by atoms with E-state index in [1.54, 1.807) is 18.3 Å². The van der Waals surface area contributed by atoms with Crippen molar-refractivity contribution in [1.29, 1.82) is 0 Å². The highest BCUT2D eigenvalue weighted by Gasteiger charge is 2.32. The van der Waals surface area contributed by atoms with Crippen molar-refractivity contribution in [2.75, 3.05) is 6.61 Å². The van der Waals surface area contributed by atoms with Crippen molar-refractivity contribution >= 4 is 34.6 Å². The lowest BCUT2D eigenvalue weighted by atomic mass is 9.96. The molecule has 0 saturated heterocycles. The van der Waals surface area contributed by atoms with Crippen LogP contribution in [-0.4, -0.2) is 17.7 Å². The number of nitrogens with one attached hydrogen (secondary N) is 2. The molecule has 1 aromatic heterocycles. The maximum atomic E-state index is 12.2. The summed E-state index contributed by atoms with van der Waals surface area (Å²) in [7, 11) is 0. The van der Waals surface area contributed by atoms with Gasteiger partial charge in [-0.25, -0.2) is 4.79 Å². The van der Waals surface area contributed by atoms with Gasteiger partial charge >= 0.3 is 5.97 Å². The largest absolute Gasteiger partial charge is 0.463 e. The lowest BCUT2D eigenvalue weighted by Gasteiger charge is -2.29. The van der Waals surface area contributed by atoms with E-state index in [4.69, 9.17) is 17.0 Å². The van der Waals surface area contributed by atoms with E-state index in [9.17, 15) is 4.79 Å². The molecule has 1 aliphatic heterocycles. The number of carbonyl (C=O) groups excluding carboxylic acids is 1. The van der Waals surface area contributed by atoms with Crippen molar-refractivity contribution in [3.05, 3.63) is 32.7 Å². The molecule has 0 unspecified atom stereocenters. The Morgan fingerprint density at radius 1 is 1.45 bits per heavy atom. The number of allylic oxidation sites excluding steroid dienone is 1. The van der Waals surface area contributed by atoms with Crippen LogP contribution in [0.1, 0.15) is 35.2 Å². The standard InChI is InChI=1S/C14H18N2O2S2/c1-5-18-13(17)11-8(3)15-14(19)16-12(11)10-6-7(2)20-9(10)4/h6,12H,5H2,1-4H3,(H2,15,16,19)/t12-/m1/s1. The first-order valence-corrected chi connectivity index (χ1v) is 7.68. The smallest absolute Gasteiger partial charge is 0.338 e. The molecule has 0 bridgehead atoms. The normalized spacial score (nSPS) is 18.6. The molecule has 0 fully saturated rings. The average molecular weight is 310 g/mol. The summed E-state index contributed by atoms with van der Waals surface area (Å²) in [6, 6.07) is 1.85. The minimum absolute atomic E-state index is 0.243. The number of aryl methyl sites for hydroxylation is 2. The summed E-state index contributed by atoms with van der Waals surface area (Å²) < 4.78 is 5.17. The number of thiophene rings is 1. The van der Waals surface area contributed by atoms with Gasteiger partial charge in [-0.2, -0.15) is 0 Å². The van der Waals surface area contributed by atoms with E-state index in [1.807, 2.05) is 6.92 Å². The van der Waals surface area contributed by atoms with E-state index >= 15 is 0 Å². The molecule has 1 aliphatic rings. The van der Waals surface area contributed by atoms with Crippen LogP contribution in [0.15, 0.2) is 17.3 Å². The van der Waals surface area contributed by atoms with E-state index in [2.05, 4.69) is 30.5 Å². The number of esters is 1. The third kappa shape index (κ3) is 2.86. The van der Waals surface area contributed by atoms with E-state index in [0.717, 1.165) is 11.3 Å². The zero-order valence-electron chi connectivity index (χ0n) is 12.0. The highest BCUT2D eigenvalue weighted by Crippen LogP contribution is 2.33. The fraction of sp³-hybridized carbons (Fsp3) is 0.429. The van der Waals surface area contributed by atoms with Crippen molar-refractivity contribution in [3.63, 3.8) is 0 Å². The first-order chi connectivity index (χ1) is 9.43. The minimum Gasteiger partial charge on any atom is -0.463 e. The number of ether oxygens (including phenoxy) is 1. The topological polar surface area (TPSA) is 50.4 Å². The molecule has 0 spiro atoms. The van der Waals surface area contributed by atoms with Gasteiger partial charge in [-0.3, -0.25) is 0 Å². The Kier molecular flexibility index (Phi) is 4.45. The average Bonchev–Trinajstić information content (AvgIpc) is 2.67. The lowest BCUT2D eigenvalue weighted by molar-refractivity contribution is -0.139. The Labute approximate surface area is 128 Å². The zero-order chi connectivity index (χ0) is 14.9. The molecule has 0 aromatic carbocycles. The summed E-state index contributed by atoms with van der Waals surface area (Å²) in [5.74, 6) is -0.305. The van der Waals surface area contributed by atoms with Crippen LogP contribution in [-0.2, 0) is 9.53 Å². The Bertz CT molecular complexity index is 590. The molecule has 6 heteroatoms. The lowest BCUT2D eigenvalue weighted by Crippen LogP contribution is -2.45. The second kappa shape index (κ2) is 5.93. The summed E-state index contributed by atoms with van der Waals surface area (Å²) in [4.78, 5) is 14.6.